The molecule has 2 aromatic carbocycles. The van der Waals surface area contributed by atoms with Gasteiger partial charge in [0.15, 0.2) is 11.5 Å². The number of hydrogen-bond donors (Lipinski definition) is 4. The van der Waals surface area contributed by atoms with Gasteiger partial charge in [-0.15, -0.1) is 0 Å². The van der Waals surface area contributed by atoms with E-state index in [1.807, 2.05) is 24.3 Å². The Morgan fingerprint density at radius 2 is 1.42 bits per heavy atom. The highest BCUT2D eigenvalue weighted by molar-refractivity contribution is 6.35. The highest BCUT2D eigenvalue weighted by Crippen LogP contribution is 2.42. The van der Waals surface area contributed by atoms with Gasteiger partial charge in [0.1, 0.15) is 11.4 Å². The first-order chi connectivity index (χ1) is 20.8. The van der Waals surface area contributed by atoms with E-state index in [1.165, 1.54) is 7.11 Å². The van der Waals surface area contributed by atoms with Crippen molar-refractivity contribution in [3.8, 4) is 11.5 Å². The van der Waals surface area contributed by atoms with Crippen LogP contribution in [0.5, 0.6) is 11.5 Å². The summed E-state index contributed by atoms with van der Waals surface area (Å²) in [5.41, 5.74) is 11.5. The summed E-state index contributed by atoms with van der Waals surface area (Å²) in [5.74, 6) is 0.613. The number of carbonyl (C=O) groups is 1. The van der Waals surface area contributed by atoms with E-state index in [0.29, 0.717) is 44.2 Å². The van der Waals surface area contributed by atoms with Crippen molar-refractivity contribution >= 4 is 84.1 Å². The SMILES string of the molecule is COc1c(Cl)cc2c([nH]c3cnccc32)c1N.COc1c(Cl)cc2c([nH]c3cnccc32)c1NC(=O)c1cccnc1C. The third-order valence-corrected chi connectivity index (χ3v) is 7.71. The number of hydrogen-bond acceptors (Lipinski definition) is 7. The average molecular weight is 614 g/mol. The maximum atomic E-state index is 12.8. The van der Waals surface area contributed by atoms with E-state index < -0.39 is 0 Å². The van der Waals surface area contributed by atoms with Crippen molar-refractivity contribution in [3.63, 3.8) is 0 Å². The zero-order chi connectivity index (χ0) is 30.2. The number of methoxy groups -OCH3 is 2. The molecule has 5 heterocycles. The number of nitrogens with one attached hydrogen (secondary N) is 3. The van der Waals surface area contributed by atoms with Crippen molar-refractivity contribution < 1.29 is 14.3 Å². The maximum Gasteiger partial charge on any atom is 0.257 e. The lowest BCUT2D eigenvalue weighted by Crippen LogP contribution is -2.15. The molecule has 0 bridgehead atoms. The second-order valence-electron chi connectivity index (χ2n) is 9.60. The van der Waals surface area contributed by atoms with E-state index in [1.54, 1.807) is 57.2 Å². The number of nitrogens with zero attached hydrogens (tertiary/aromatic N) is 3. The predicted molar refractivity (Wildman–Crippen MR) is 172 cm³/mol. The number of benzene rings is 2. The Bertz CT molecular complexity index is 2170. The number of aromatic nitrogens is 5. The Labute approximate surface area is 255 Å². The quantitative estimate of drug-likeness (QED) is 0.152. The van der Waals surface area contributed by atoms with Gasteiger partial charge in [-0.2, -0.15) is 0 Å². The second kappa shape index (κ2) is 11.3. The Hall–Kier alpha value is -5.06. The molecule has 0 spiro atoms. The molecule has 1 amide bonds. The van der Waals surface area contributed by atoms with Crippen molar-refractivity contribution in [2.24, 2.45) is 0 Å². The summed E-state index contributed by atoms with van der Waals surface area (Å²) >= 11 is 12.5. The molecular weight excluding hydrogens is 589 g/mol. The van der Waals surface area contributed by atoms with Gasteiger partial charge >= 0.3 is 0 Å². The molecule has 10 nitrogen and oxygen atoms in total. The van der Waals surface area contributed by atoms with Gasteiger partial charge in [0, 0.05) is 45.8 Å². The van der Waals surface area contributed by atoms with Gasteiger partial charge in [0.25, 0.3) is 5.91 Å². The normalized spacial score (nSPS) is 11.1. The Morgan fingerprint density at radius 1 is 0.837 bits per heavy atom. The minimum Gasteiger partial charge on any atom is -0.493 e. The molecule has 0 aliphatic rings. The summed E-state index contributed by atoms with van der Waals surface area (Å²) in [6.07, 6.45) is 8.59. The molecule has 0 fully saturated rings. The summed E-state index contributed by atoms with van der Waals surface area (Å²) in [4.78, 5) is 31.7. The fraction of sp³-hybridized carbons (Fsp3) is 0.0968. The van der Waals surface area contributed by atoms with Crippen LogP contribution in [0.4, 0.5) is 11.4 Å². The van der Waals surface area contributed by atoms with Crippen LogP contribution in [0.15, 0.2) is 67.4 Å². The van der Waals surface area contributed by atoms with Crippen LogP contribution >= 0.6 is 23.2 Å². The number of ether oxygens (including phenoxy) is 2. The summed E-state index contributed by atoms with van der Waals surface area (Å²) in [7, 11) is 3.07. The number of nitrogens with two attached hydrogens (primary N) is 1. The smallest absolute Gasteiger partial charge is 0.257 e. The topological polar surface area (TPSA) is 144 Å². The van der Waals surface area contributed by atoms with Crippen molar-refractivity contribution in [2.75, 3.05) is 25.3 Å². The summed E-state index contributed by atoms with van der Waals surface area (Å²) < 4.78 is 10.6. The van der Waals surface area contributed by atoms with Gasteiger partial charge in [-0.3, -0.25) is 19.7 Å². The van der Waals surface area contributed by atoms with Gasteiger partial charge in [-0.25, -0.2) is 0 Å². The first-order valence-corrected chi connectivity index (χ1v) is 13.8. The predicted octanol–water partition coefficient (Wildman–Crippen LogP) is 7.29. The fourth-order valence-corrected chi connectivity index (χ4v) is 5.70. The van der Waals surface area contributed by atoms with Gasteiger partial charge in [0.05, 0.1) is 64.3 Å². The molecule has 0 radical (unpaired) electrons. The number of pyridine rings is 3. The van der Waals surface area contributed by atoms with Crippen molar-refractivity contribution in [1.82, 2.24) is 24.9 Å². The highest BCUT2D eigenvalue weighted by atomic mass is 35.5. The molecule has 12 heteroatoms. The Kier molecular flexibility index (Phi) is 7.39. The van der Waals surface area contributed by atoms with E-state index in [-0.39, 0.29) is 5.91 Å². The number of fused-ring (bicyclic) bond motifs is 6. The molecule has 0 saturated heterocycles. The highest BCUT2D eigenvalue weighted by Gasteiger charge is 2.20. The van der Waals surface area contributed by atoms with Crippen LogP contribution in [0, 0.1) is 6.92 Å². The minimum atomic E-state index is -0.283. The lowest BCUT2D eigenvalue weighted by atomic mass is 10.1. The number of amides is 1. The van der Waals surface area contributed by atoms with Crippen molar-refractivity contribution in [3.05, 3.63) is 88.7 Å². The molecule has 0 saturated carbocycles. The first-order valence-electron chi connectivity index (χ1n) is 13.0. The molecule has 5 aromatic heterocycles. The Morgan fingerprint density at radius 3 is 2.02 bits per heavy atom. The van der Waals surface area contributed by atoms with Crippen LogP contribution in [-0.2, 0) is 0 Å². The number of H-pyrrole nitrogens is 2. The second-order valence-corrected chi connectivity index (χ2v) is 10.4. The largest absolute Gasteiger partial charge is 0.493 e. The third kappa shape index (κ3) is 4.90. The van der Waals surface area contributed by atoms with E-state index >= 15 is 0 Å². The van der Waals surface area contributed by atoms with Crippen LogP contribution in [0.2, 0.25) is 10.0 Å². The monoisotopic (exact) mass is 613 g/mol. The van der Waals surface area contributed by atoms with Crippen molar-refractivity contribution in [2.45, 2.75) is 6.92 Å². The van der Waals surface area contributed by atoms with Crippen LogP contribution in [0.1, 0.15) is 16.1 Å². The van der Waals surface area contributed by atoms with Crippen LogP contribution in [0.25, 0.3) is 43.6 Å². The number of aryl methyl sites for hydroxylation is 1. The van der Waals surface area contributed by atoms with Crippen molar-refractivity contribution in [1.29, 1.82) is 0 Å². The zero-order valence-electron chi connectivity index (χ0n) is 23.3. The molecular formula is C31H25Cl2N7O3. The standard InChI is InChI=1S/C19H15ClN4O2.C12H10ClN3O/c1-10-11(4-3-6-22-10)19(25)24-17-16-13(8-14(20)18(17)26-2)12-5-7-21-9-15(12)23-16;1-17-12-8(13)4-7-6-2-3-15-5-9(6)16-11(7)10(12)14/h3-9,23H,1-2H3,(H,24,25);2-5,16H,14H2,1H3. The maximum absolute atomic E-state index is 12.8. The fourth-order valence-electron chi connectivity index (χ4n) is 5.13. The molecule has 5 N–H and O–H groups in total. The van der Waals surface area contributed by atoms with Crippen LogP contribution < -0.4 is 20.5 Å². The molecule has 0 aliphatic heterocycles. The molecule has 7 rings (SSSR count). The molecule has 0 atom stereocenters. The van der Waals surface area contributed by atoms with E-state index in [0.717, 1.165) is 43.6 Å². The van der Waals surface area contributed by atoms with Gasteiger partial charge in [-0.05, 0) is 43.3 Å². The number of aromatic amines is 2. The molecule has 0 unspecified atom stereocenters. The summed E-state index contributed by atoms with van der Waals surface area (Å²) in [5, 5.41) is 7.72. The molecule has 43 heavy (non-hydrogen) atoms. The summed E-state index contributed by atoms with van der Waals surface area (Å²) in [6, 6.07) is 10.9. The first kappa shape index (κ1) is 28.1. The van der Waals surface area contributed by atoms with E-state index in [4.69, 9.17) is 38.4 Å². The number of halogens is 2. The van der Waals surface area contributed by atoms with Crippen LogP contribution in [-0.4, -0.2) is 45.0 Å². The lowest BCUT2D eigenvalue weighted by Gasteiger charge is -2.14. The van der Waals surface area contributed by atoms with Gasteiger partial charge < -0.3 is 30.5 Å². The molecule has 7 aromatic rings. The van der Waals surface area contributed by atoms with E-state index in [2.05, 4.69) is 30.2 Å². The van der Waals surface area contributed by atoms with Crippen LogP contribution in [0.3, 0.4) is 0 Å². The number of nitrogen functional groups attached to an aromatic ring is 1. The van der Waals surface area contributed by atoms with E-state index in [9.17, 15) is 4.79 Å². The molecule has 0 aliphatic carbocycles. The van der Waals surface area contributed by atoms with Gasteiger partial charge in [0.2, 0.25) is 0 Å². The Balaban J connectivity index is 0.000000167. The number of rotatable bonds is 4. The number of carbonyl (C=O) groups excluding carboxylic acids is 1. The lowest BCUT2D eigenvalue weighted by molar-refractivity contribution is 0.102. The number of anilines is 2. The van der Waals surface area contributed by atoms with Gasteiger partial charge in [-0.1, -0.05) is 23.2 Å². The molecule has 216 valence electrons. The zero-order valence-corrected chi connectivity index (χ0v) is 24.8. The third-order valence-electron chi connectivity index (χ3n) is 7.15. The summed E-state index contributed by atoms with van der Waals surface area (Å²) in [6.45, 7) is 1.79. The minimum absolute atomic E-state index is 0.283. The average Bonchev–Trinajstić information content (AvgIpc) is 3.57.